The Bertz CT molecular complexity index is 462. The molecule has 0 spiro atoms. The SMILES string of the molecule is Cc1ccc(C(C)(C)CNC(=O)NC2CCOCC2)cc1. The Morgan fingerprint density at radius 3 is 2.48 bits per heavy atom. The Balaban J connectivity index is 1.82. The van der Waals surface area contributed by atoms with Crippen LogP contribution in [0.15, 0.2) is 24.3 Å². The van der Waals surface area contributed by atoms with Gasteiger partial charge in [0.2, 0.25) is 0 Å². The summed E-state index contributed by atoms with van der Waals surface area (Å²) in [6.45, 7) is 8.46. The third-order valence-corrected chi connectivity index (χ3v) is 4.08. The molecule has 0 saturated carbocycles. The second-order valence-electron chi connectivity index (χ2n) is 6.46. The lowest BCUT2D eigenvalue weighted by molar-refractivity contribution is 0.0800. The molecule has 2 amide bonds. The first-order valence-corrected chi connectivity index (χ1v) is 7.67. The number of carbonyl (C=O) groups excluding carboxylic acids is 1. The summed E-state index contributed by atoms with van der Waals surface area (Å²) in [5.74, 6) is 0. The molecule has 1 heterocycles. The van der Waals surface area contributed by atoms with Crippen molar-refractivity contribution in [1.82, 2.24) is 10.6 Å². The van der Waals surface area contributed by atoms with Crippen molar-refractivity contribution in [1.29, 1.82) is 0 Å². The number of benzene rings is 1. The minimum Gasteiger partial charge on any atom is -0.381 e. The molecule has 2 rings (SSSR count). The molecule has 2 N–H and O–H groups in total. The Kier molecular flexibility index (Phi) is 5.23. The molecular formula is C17H26N2O2. The topological polar surface area (TPSA) is 50.4 Å². The molecule has 116 valence electrons. The molecule has 4 heteroatoms. The molecule has 0 unspecified atom stereocenters. The first-order valence-electron chi connectivity index (χ1n) is 7.67. The van der Waals surface area contributed by atoms with Crippen LogP contribution in [0.25, 0.3) is 0 Å². The van der Waals surface area contributed by atoms with Crippen molar-refractivity contribution in [3.05, 3.63) is 35.4 Å². The van der Waals surface area contributed by atoms with E-state index in [0.717, 1.165) is 26.1 Å². The van der Waals surface area contributed by atoms with E-state index >= 15 is 0 Å². The van der Waals surface area contributed by atoms with Crippen LogP contribution in [-0.4, -0.2) is 31.8 Å². The molecule has 0 atom stereocenters. The molecule has 0 radical (unpaired) electrons. The average Bonchev–Trinajstić information content (AvgIpc) is 2.47. The quantitative estimate of drug-likeness (QED) is 0.896. The van der Waals surface area contributed by atoms with E-state index in [1.807, 2.05) is 0 Å². The normalized spacial score (nSPS) is 16.5. The van der Waals surface area contributed by atoms with Gasteiger partial charge in [-0.25, -0.2) is 4.79 Å². The highest BCUT2D eigenvalue weighted by Gasteiger charge is 2.22. The average molecular weight is 290 g/mol. The van der Waals surface area contributed by atoms with Crippen molar-refractivity contribution in [2.24, 2.45) is 0 Å². The monoisotopic (exact) mass is 290 g/mol. The summed E-state index contributed by atoms with van der Waals surface area (Å²) < 4.78 is 5.29. The number of amides is 2. The van der Waals surface area contributed by atoms with Crippen molar-refractivity contribution in [3.63, 3.8) is 0 Å². The molecule has 0 aromatic heterocycles. The molecule has 0 aliphatic carbocycles. The Morgan fingerprint density at radius 1 is 1.24 bits per heavy atom. The van der Waals surface area contributed by atoms with Gasteiger partial charge in [0.15, 0.2) is 0 Å². The van der Waals surface area contributed by atoms with Gasteiger partial charge in [0.25, 0.3) is 0 Å². The van der Waals surface area contributed by atoms with E-state index in [0.29, 0.717) is 6.54 Å². The number of aryl methyl sites for hydroxylation is 1. The third-order valence-electron chi connectivity index (χ3n) is 4.08. The largest absolute Gasteiger partial charge is 0.381 e. The Morgan fingerprint density at radius 2 is 1.86 bits per heavy atom. The fraction of sp³-hybridized carbons (Fsp3) is 0.588. The second-order valence-corrected chi connectivity index (χ2v) is 6.46. The van der Waals surface area contributed by atoms with Gasteiger partial charge in [-0.05, 0) is 25.3 Å². The van der Waals surface area contributed by atoms with Crippen LogP contribution in [0.4, 0.5) is 4.79 Å². The lowest BCUT2D eigenvalue weighted by Crippen LogP contribution is -2.47. The van der Waals surface area contributed by atoms with Gasteiger partial charge < -0.3 is 15.4 Å². The van der Waals surface area contributed by atoms with Crippen LogP contribution in [0.5, 0.6) is 0 Å². The van der Waals surface area contributed by atoms with Crippen molar-refractivity contribution < 1.29 is 9.53 Å². The zero-order valence-corrected chi connectivity index (χ0v) is 13.2. The highest BCUT2D eigenvalue weighted by atomic mass is 16.5. The summed E-state index contributed by atoms with van der Waals surface area (Å²) in [5.41, 5.74) is 2.40. The van der Waals surface area contributed by atoms with Crippen molar-refractivity contribution in [2.75, 3.05) is 19.8 Å². The summed E-state index contributed by atoms with van der Waals surface area (Å²) in [5, 5.41) is 6.01. The second kappa shape index (κ2) is 6.94. The van der Waals surface area contributed by atoms with Gasteiger partial charge in [0, 0.05) is 31.2 Å². The number of rotatable bonds is 4. The Hall–Kier alpha value is -1.55. The smallest absolute Gasteiger partial charge is 0.315 e. The standard InChI is InChI=1S/C17H26N2O2/c1-13-4-6-14(7-5-13)17(2,3)12-18-16(20)19-15-8-10-21-11-9-15/h4-7,15H,8-12H2,1-3H3,(H2,18,19,20). The van der Waals surface area contributed by atoms with E-state index < -0.39 is 0 Å². The van der Waals surface area contributed by atoms with Gasteiger partial charge in [0.1, 0.15) is 0 Å². The fourth-order valence-electron chi connectivity index (χ4n) is 2.49. The van der Waals surface area contributed by atoms with Crippen LogP contribution in [0.2, 0.25) is 0 Å². The van der Waals surface area contributed by atoms with E-state index in [2.05, 4.69) is 55.7 Å². The lowest BCUT2D eigenvalue weighted by atomic mass is 9.84. The van der Waals surface area contributed by atoms with Crippen LogP contribution in [0.1, 0.15) is 37.8 Å². The zero-order chi connectivity index (χ0) is 15.3. The van der Waals surface area contributed by atoms with Crippen LogP contribution in [0, 0.1) is 6.92 Å². The summed E-state index contributed by atoms with van der Waals surface area (Å²) in [4.78, 5) is 12.0. The van der Waals surface area contributed by atoms with Gasteiger partial charge in [-0.1, -0.05) is 43.7 Å². The van der Waals surface area contributed by atoms with Crippen molar-refractivity contribution >= 4 is 6.03 Å². The molecule has 1 aromatic carbocycles. The fourth-order valence-corrected chi connectivity index (χ4v) is 2.49. The predicted molar refractivity (Wildman–Crippen MR) is 84.6 cm³/mol. The molecule has 1 aliphatic rings. The number of carbonyl (C=O) groups is 1. The maximum Gasteiger partial charge on any atom is 0.315 e. The van der Waals surface area contributed by atoms with Gasteiger partial charge in [0.05, 0.1) is 0 Å². The first kappa shape index (κ1) is 15.8. The molecule has 4 nitrogen and oxygen atoms in total. The van der Waals surface area contributed by atoms with E-state index in [1.54, 1.807) is 0 Å². The third kappa shape index (κ3) is 4.74. The molecule has 21 heavy (non-hydrogen) atoms. The predicted octanol–water partition coefficient (Wildman–Crippen LogP) is 2.75. The summed E-state index contributed by atoms with van der Waals surface area (Å²) in [7, 11) is 0. The summed E-state index contributed by atoms with van der Waals surface area (Å²) in [6.07, 6.45) is 1.80. The van der Waals surface area contributed by atoms with E-state index in [1.165, 1.54) is 11.1 Å². The highest BCUT2D eigenvalue weighted by Crippen LogP contribution is 2.22. The van der Waals surface area contributed by atoms with E-state index in [-0.39, 0.29) is 17.5 Å². The van der Waals surface area contributed by atoms with Crippen LogP contribution in [0.3, 0.4) is 0 Å². The number of nitrogens with one attached hydrogen (secondary N) is 2. The van der Waals surface area contributed by atoms with E-state index in [4.69, 9.17) is 4.74 Å². The minimum absolute atomic E-state index is 0.0814. The Labute approximate surface area is 127 Å². The van der Waals surface area contributed by atoms with Gasteiger partial charge in [-0.15, -0.1) is 0 Å². The highest BCUT2D eigenvalue weighted by molar-refractivity contribution is 5.74. The minimum atomic E-state index is -0.0826. The van der Waals surface area contributed by atoms with Gasteiger partial charge >= 0.3 is 6.03 Å². The molecule has 0 bridgehead atoms. The van der Waals surface area contributed by atoms with Crippen molar-refractivity contribution in [2.45, 2.75) is 45.1 Å². The molecule has 1 saturated heterocycles. The van der Waals surface area contributed by atoms with E-state index in [9.17, 15) is 4.79 Å². The molecule has 1 fully saturated rings. The number of hydrogen-bond acceptors (Lipinski definition) is 2. The summed E-state index contributed by atoms with van der Waals surface area (Å²) >= 11 is 0. The van der Waals surface area contributed by atoms with Crippen LogP contribution >= 0.6 is 0 Å². The maximum atomic E-state index is 12.0. The van der Waals surface area contributed by atoms with Crippen LogP contribution in [-0.2, 0) is 10.2 Å². The maximum absolute atomic E-state index is 12.0. The van der Waals surface area contributed by atoms with Gasteiger partial charge in [-0.2, -0.15) is 0 Å². The van der Waals surface area contributed by atoms with Gasteiger partial charge in [-0.3, -0.25) is 0 Å². The van der Waals surface area contributed by atoms with Crippen LogP contribution < -0.4 is 10.6 Å². The summed E-state index contributed by atoms with van der Waals surface area (Å²) in [6, 6.07) is 8.64. The number of ether oxygens (including phenoxy) is 1. The molecule has 1 aromatic rings. The number of urea groups is 1. The zero-order valence-electron chi connectivity index (χ0n) is 13.2. The van der Waals surface area contributed by atoms with Crippen molar-refractivity contribution in [3.8, 4) is 0 Å². The molecule has 1 aliphatic heterocycles. The molecular weight excluding hydrogens is 264 g/mol. The lowest BCUT2D eigenvalue weighted by Gasteiger charge is -2.27. The first-order chi connectivity index (χ1) is 9.97. The number of hydrogen-bond donors (Lipinski definition) is 2.